The number of carboxylic acid groups (broad SMARTS) is 1. The topological polar surface area (TPSA) is 132 Å². The van der Waals surface area contributed by atoms with Crippen LogP contribution in [-0.2, 0) is 22.8 Å². The number of carbonyl (C=O) groups excluding carboxylic acids is 1. The summed E-state index contributed by atoms with van der Waals surface area (Å²) in [6.45, 7) is 3.77. The SMILES string of the molecule is CCCN(Cc1ccc(-c2ccccc2-c2nn[nH]n2)cc1)c1nc(CON=CC(=O)[O-])cs1.[Na+]. The van der Waals surface area contributed by atoms with Crippen molar-refractivity contribution in [3.05, 3.63) is 65.2 Å². The van der Waals surface area contributed by atoms with E-state index in [0.29, 0.717) is 24.3 Å². The fourth-order valence-electron chi connectivity index (χ4n) is 3.42. The van der Waals surface area contributed by atoms with Crippen molar-refractivity contribution >= 4 is 28.7 Å². The van der Waals surface area contributed by atoms with Crippen molar-refractivity contribution in [3.63, 3.8) is 0 Å². The minimum atomic E-state index is -1.41. The quantitative estimate of drug-likeness (QED) is 0.168. The Morgan fingerprint density at radius 3 is 2.66 bits per heavy atom. The Kier molecular flexibility index (Phi) is 9.91. The third-order valence-electron chi connectivity index (χ3n) is 4.90. The molecule has 4 aromatic rings. The number of aromatic amines is 1. The Labute approximate surface area is 228 Å². The van der Waals surface area contributed by atoms with E-state index in [4.69, 9.17) is 4.84 Å². The molecule has 2 heterocycles. The zero-order valence-electron chi connectivity index (χ0n) is 19.4. The number of carboxylic acids is 1. The number of hydrogen-bond donors (Lipinski definition) is 1. The van der Waals surface area contributed by atoms with Gasteiger partial charge in [0.1, 0.15) is 0 Å². The van der Waals surface area contributed by atoms with Crippen molar-refractivity contribution in [1.82, 2.24) is 25.6 Å². The molecule has 0 aliphatic rings. The molecule has 0 atom stereocenters. The van der Waals surface area contributed by atoms with E-state index >= 15 is 0 Å². The average Bonchev–Trinajstić information content (AvgIpc) is 3.55. The van der Waals surface area contributed by atoms with E-state index in [2.05, 4.69) is 66.9 Å². The van der Waals surface area contributed by atoms with Gasteiger partial charge in [0.2, 0.25) is 5.82 Å². The molecule has 0 spiro atoms. The molecule has 2 aromatic carbocycles. The number of rotatable bonds is 11. The molecule has 0 aliphatic heterocycles. The third-order valence-corrected chi connectivity index (χ3v) is 5.85. The number of anilines is 1. The number of thiazole rings is 1. The molecule has 2 aromatic heterocycles. The molecule has 174 valence electrons. The summed E-state index contributed by atoms with van der Waals surface area (Å²) >= 11 is 1.51. The van der Waals surface area contributed by atoms with Crippen molar-refractivity contribution in [2.45, 2.75) is 26.5 Å². The second-order valence-electron chi connectivity index (χ2n) is 7.35. The minimum Gasteiger partial charge on any atom is -0.544 e. The second-order valence-corrected chi connectivity index (χ2v) is 8.18. The number of hydrogen-bond acceptors (Lipinski definition) is 10. The molecule has 35 heavy (non-hydrogen) atoms. The molecule has 0 saturated carbocycles. The van der Waals surface area contributed by atoms with Crippen LogP contribution < -0.4 is 39.6 Å². The van der Waals surface area contributed by atoms with E-state index in [1.165, 1.54) is 11.3 Å². The van der Waals surface area contributed by atoms with Crippen LogP contribution in [0, 0.1) is 0 Å². The molecule has 0 unspecified atom stereocenters. The van der Waals surface area contributed by atoms with Gasteiger partial charge in [-0.2, -0.15) is 5.21 Å². The van der Waals surface area contributed by atoms with Gasteiger partial charge in [0.15, 0.2) is 11.7 Å². The number of aliphatic carboxylic acids is 1. The summed E-state index contributed by atoms with van der Waals surface area (Å²) in [4.78, 5) is 22.1. The van der Waals surface area contributed by atoms with Crippen molar-refractivity contribution in [2.75, 3.05) is 11.4 Å². The predicted molar refractivity (Wildman–Crippen MR) is 127 cm³/mol. The molecule has 0 saturated heterocycles. The number of H-pyrrole nitrogens is 1. The number of oxime groups is 1. The van der Waals surface area contributed by atoms with Crippen LogP contribution >= 0.6 is 11.3 Å². The van der Waals surface area contributed by atoms with Gasteiger partial charge in [-0.15, -0.1) is 21.5 Å². The normalized spacial score (nSPS) is 10.8. The van der Waals surface area contributed by atoms with E-state index < -0.39 is 5.97 Å². The van der Waals surface area contributed by atoms with Gasteiger partial charge < -0.3 is 19.6 Å². The Morgan fingerprint density at radius 2 is 1.97 bits per heavy atom. The molecule has 0 amide bonds. The van der Waals surface area contributed by atoms with Crippen molar-refractivity contribution < 1.29 is 44.3 Å². The summed E-state index contributed by atoms with van der Waals surface area (Å²) in [5, 5.41) is 30.8. The van der Waals surface area contributed by atoms with Gasteiger partial charge in [0, 0.05) is 24.0 Å². The average molecular weight is 500 g/mol. The van der Waals surface area contributed by atoms with E-state index in [1.807, 2.05) is 29.6 Å². The Hall–Kier alpha value is -3.12. The fraction of sp³-hybridized carbons (Fsp3) is 0.217. The van der Waals surface area contributed by atoms with Crippen LogP contribution in [0.3, 0.4) is 0 Å². The maximum atomic E-state index is 10.4. The molecule has 1 N–H and O–H groups in total. The van der Waals surface area contributed by atoms with Gasteiger partial charge >= 0.3 is 29.6 Å². The van der Waals surface area contributed by atoms with E-state index in [9.17, 15) is 9.90 Å². The van der Waals surface area contributed by atoms with Gasteiger partial charge in [-0.25, -0.2) is 4.98 Å². The molecular weight excluding hydrogens is 477 g/mol. The predicted octanol–water partition coefficient (Wildman–Crippen LogP) is -0.337. The number of nitrogens with zero attached hydrogens (tertiary/aromatic N) is 6. The minimum absolute atomic E-state index is 0. The standard InChI is InChI=1S/C23H23N7O3S.Na/c1-2-11-30(23-25-18(15-34-23)14-33-24-12-21(31)32)13-16-7-9-17(10-8-16)19-5-3-4-6-20(19)22-26-28-29-27-22;/h3-10,12,15H,2,11,13-14H2,1H3,(H,31,32)(H,26,27,28,29);/q;+1/p-1. The summed E-state index contributed by atoms with van der Waals surface area (Å²) in [5.41, 5.74) is 4.85. The molecule has 4 rings (SSSR count). The number of benzene rings is 2. The largest absolute Gasteiger partial charge is 1.00 e. The van der Waals surface area contributed by atoms with E-state index in [1.54, 1.807) is 0 Å². The molecule has 10 nitrogen and oxygen atoms in total. The van der Waals surface area contributed by atoms with Gasteiger partial charge in [0.05, 0.1) is 17.9 Å². The van der Waals surface area contributed by atoms with Crippen LogP contribution in [0.1, 0.15) is 24.6 Å². The molecule has 0 bridgehead atoms. The van der Waals surface area contributed by atoms with Gasteiger partial charge in [-0.1, -0.05) is 60.6 Å². The van der Waals surface area contributed by atoms with Crippen LogP contribution in [0.2, 0.25) is 0 Å². The number of nitrogens with one attached hydrogen (secondary N) is 1. The maximum Gasteiger partial charge on any atom is 1.00 e. The Balaban J connectivity index is 0.00000342. The first kappa shape index (κ1) is 26.5. The number of aromatic nitrogens is 5. The summed E-state index contributed by atoms with van der Waals surface area (Å²) < 4.78 is 0. The molecule has 0 aliphatic carbocycles. The number of tetrazole rings is 1. The van der Waals surface area contributed by atoms with Crippen molar-refractivity contribution in [1.29, 1.82) is 0 Å². The molecule has 12 heteroatoms. The van der Waals surface area contributed by atoms with Crippen LogP contribution in [0.15, 0.2) is 59.1 Å². The molecule has 0 radical (unpaired) electrons. The Morgan fingerprint density at radius 1 is 1.20 bits per heavy atom. The zero-order chi connectivity index (χ0) is 23.8. The first-order valence-electron chi connectivity index (χ1n) is 10.6. The monoisotopic (exact) mass is 499 g/mol. The zero-order valence-corrected chi connectivity index (χ0v) is 22.2. The summed E-state index contributed by atoms with van der Waals surface area (Å²) in [5.74, 6) is -0.847. The second kappa shape index (κ2) is 13.1. The summed E-state index contributed by atoms with van der Waals surface area (Å²) in [6, 6.07) is 16.4. The molecular formula is C23H22N7NaO3S. The number of carbonyl (C=O) groups is 1. The molecule has 0 fully saturated rings. The van der Waals surface area contributed by atoms with E-state index in [0.717, 1.165) is 40.4 Å². The van der Waals surface area contributed by atoms with Crippen LogP contribution in [0.25, 0.3) is 22.5 Å². The van der Waals surface area contributed by atoms with Crippen molar-refractivity contribution in [2.24, 2.45) is 5.16 Å². The third kappa shape index (κ3) is 7.18. The van der Waals surface area contributed by atoms with Crippen LogP contribution in [0.4, 0.5) is 5.13 Å². The van der Waals surface area contributed by atoms with Gasteiger partial charge in [-0.3, -0.25) is 0 Å². The maximum absolute atomic E-state index is 10.4. The fourth-order valence-corrected chi connectivity index (χ4v) is 4.26. The smallest absolute Gasteiger partial charge is 0.544 e. The van der Waals surface area contributed by atoms with Crippen LogP contribution in [0.5, 0.6) is 0 Å². The summed E-state index contributed by atoms with van der Waals surface area (Å²) in [6.07, 6.45) is 1.57. The van der Waals surface area contributed by atoms with E-state index in [-0.39, 0.29) is 36.2 Å². The van der Waals surface area contributed by atoms with Crippen LogP contribution in [-0.4, -0.2) is 44.3 Å². The van der Waals surface area contributed by atoms with Crippen molar-refractivity contribution in [3.8, 4) is 22.5 Å². The first-order chi connectivity index (χ1) is 16.6. The van der Waals surface area contributed by atoms with Gasteiger partial charge in [0.25, 0.3) is 0 Å². The van der Waals surface area contributed by atoms with Gasteiger partial charge in [-0.05, 0) is 28.3 Å². The summed E-state index contributed by atoms with van der Waals surface area (Å²) in [7, 11) is 0. The Bertz CT molecular complexity index is 1250. The first-order valence-corrected chi connectivity index (χ1v) is 11.5.